The summed E-state index contributed by atoms with van der Waals surface area (Å²) >= 11 is 0. The van der Waals surface area contributed by atoms with Gasteiger partial charge in [-0.3, -0.25) is 4.79 Å². The molecule has 2 bridgehead atoms. The van der Waals surface area contributed by atoms with Crippen LogP contribution in [-0.4, -0.2) is 39.5 Å². The van der Waals surface area contributed by atoms with Crippen molar-refractivity contribution in [3.05, 3.63) is 53.8 Å². The molecule has 9 heteroatoms. The molecule has 0 aromatic heterocycles. The number of halogens is 1. The van der Waals surface area contributed by atoms with Gasteiger partial charge < -0.3 is 10.6 Å². The highest BCUT2D eigenvalue weighted by atomic mass is 32.2. The lowest BCUT2D eigenvalue weighted by molar-refractivity contribution is -0.124. The lowest BCUT2D eigenvalue weighted by Crippen LogP contribution is -2.51. The summed E-state index contributed by atoms with van der Waals surface area (Å²) in [6, 6.07) is 12.2. The summed E-state index contributed by atoms with van der Waals surface area (Å²) in [5, 5.41) is 15.8. The van der Waals surface area contributed by atoms with Gasteiger partial charge in [-0.05, 0) is 72.0 Å². The van der Waals surface area contributed by atoms with Crippen molar-refractivity contribution in [2.45, 2.75) is 42.8 Å². The van der Waals surface area contributed by atoms with Gasteiger partial charge in [0, 0.05) is 12.5 Å². The van der Waals surface area contributed by atoms with Crippen LogP contribution in [0.3, 0.4) is 0 Å². The zero-order valence-electron chi connectivity index (χ0n) is 19.0. The van der Waals surface area contributed by atoms with Gasteiger partial charge in [0.25, 0.3) is 0 Å². The second kappa shape index (κ2) is 8.45. The summed E-state index contributed by atoms with van der Waals surface area (Å²) in [5.74, 6) is 1.64. The monoisotopic (exact) mass is 482 g/mol. The molecule has 178 valence electrons. The molecule has 0 radical (unpaired) electrons. The highest BCUT2D eigenvalue weighted by molar-refractivity contribution is 7.89. The number of piperidine rings is 1. The van der Waals surface area contributed by atoms with Crippen LogP contribution in [0.5, 0.6) is 0 Å². The summed E-state index contributed by atoms with van der Waals surface area (Å²) in [6.45, 7) is 2.24. The lowest BCUT2D eigenvalue weighted by atomic mass is 9.94. The number of hydrogen-bond donors (Lipinski definition) is 3. The van der Waals surface area contributed by atoms with Gasteiger partial charge in [0.15, 0.2) is 0 Å². The molecule has 1 heterocycles. The second-order valence-corrected chi connectivity index (χ2v) is 11.5. The standard InChI is InChI=1S/C25H27FN4O3S/c1-13-22-19-11-21(23(13)22)30-24(19)25(31)29-17(12-27)9-16-4-3-15(10-20(16)26)14-5-7-18(8-6-14)34(32,33)28-2/h3-8,10,13,17,19,21-24,28,30H,9,11H2,1-2H3,(H,29,31)/t13-,17-,19+,21-,22-,23+,24-/m0/s1. The van der Waals surface area contributed by atoms with Crippen LogP contribution in [-0.2, 0) is 21.2 Å². The molecule has 0 unspecified atom stereocenters. The summed E-state index contributed by atoms with van der Waals surface area (Å²) < 4.78 is 40.9. The SMILES string of the molecule is CNS(=O)(=O)c1ccc(-c2ccc(C[C@@H](C#N)NC(=O)[C@H]3N[C@H]4C[C@@H]3[C@@H]3[C@H](C)[C@@H]34)c(F)c2)cc1. The highest BCUT2D eigenvalue weighted by Crippen LogP contribution is 2.64. The average Bonchev–Trinajstić information content (AvgIpc) is 3.18. The normalized spacial score (nSPS) is 29.8. The van der Waals surface area contributed by atoms with Crippen LogP contribution in [0.4, 0.5) is 4.39 Å². The predicted octanol–water partition coefficient (Wildman–Crippen LogP) is 2.19. The van der Waals surface area contributed by atoms with E-state index in [1.165, 1.54) is 25.2 Å². The summed E-state index contributed by atoms with van der Waals surface area (Å²) in [4.78, 5) is 13.0. The van der Waals surface area contributed by atoms with E-state index in [1.54, 1.807) is 24.3 Å². The number of nitrogens with one attached hydrogen (secondary N) is 3. The number of nitrogens with zero attached hydrogens (tertiary/aromatic N) is 1. The van der Waals surface area contributed by atoms with E-state index in [2.05, 4.69) is 28.3 Å². The molecule has 3 fully saturated rings. The first-order valence-corrected chi connectivity index (χ1v) is 13.0. The van der Waals surface area contributed by atoms with Crippen LogP contribution in [0.2, 0.25) is 0 Å². The molecule has 2 saturated carbocycles. The summed E-state index contributed by atoms with van der Waals surface area (Å²) in [5.41, 5.74) is 1.59. The van der Waals surface area contributed by atoms with Crippen molar-refractivity contribution in [1.82, 2.24) is 15.4 Å². The third-order valence-corrected chi connectivity index (χ3v) is 9.25. The Bertz CT molecular complexity index is 1270. The number of nitriles is 1. The quantitative estimate of drug-likeness (QED) is 0.560. The van der Waals surface area contributed by atoms with Crippen LogP contribution in [0, 0.1) is 40.8 Å². The van der Waals surface area contributed by atoms with Gasteiger partial charge in [0.2, 0.25) is 15.9 Å². The van der Waals surface area contributed by atoms with E-state index in [9.17, 15) is 22.9 Å². The molecule has 5 rings (SSSR count). The van der Waals surface area contributed by atoms with Crippen LogP contribution >= 0.6 is 0 Å². The minimum atomic E-state index is -3.54. The summed E-state index contributed by atoms with van der Waals surface area (Å²) in [6.07, 6.45) is 1.09. The Balaban J connectivity index is 1.24. The van der Waals surface area contributed by atoms with Crippen molar-refractivity contribution >= 4 is 15.9 Å². The molecule has 34 heavy (non-hydrogen) atoms. The van der Waals surface area contributed by atoms with Crippen LogP contribution in [0.1, 0.15) is 18.9 Å². The smallest absolute Gasteiger partial charge is 0.240 e. The molecule has 1 amide bonds. The Morgan fingerprint density at radius 2 is 1.91 bits per heavy atom. The van der Waals surface area contributed by atoms with E-state index < -0.39 is 21.9 Å². The fourth-order valence-corrected chi connectivity index (χ4v) is 6.78. The Hall–Kier alpha value is -2.80. The molecule has 3 N–H and O–H groups in total. The zero-order chi connectivity index (χ0) is 24.2. The van der Waals surface area contributed by atoms with Crippen molar-refractivity contribution in [3.63, 3.8) is 0 Å². The average molecular weight is 483 g/mol. The number of rotatable bonds is 7. The van der Waals surface area contributed by atoms with Crippen molar-refractivity contribution in [2.24, 2.45) is 23.7 Å². The maximum atomic E-state index is 14.9. The van der Waals surface area contributed by atoms with E-state index >= 15 is 0 Å². The van der Waals surface area contributed by atoms with Gasteiger partial charge in [-0.2, -0.15) is 5.26 Å². The second-order valence-electron chi connectivity index (χ2n) is 9.60. The number of sulfonamides is 1. The molecule has 2 aliphatic carbocycles. The first-order valence-electron chi connectivity index (χ1n) is 11.5. The minimum Gasteiger partial charge on any atom is -0.339 e. The first-order chi connectivity index (χ1) is 16.2. The minimum absolute atomic E-state index is 0.0664. The third kappa shape index (κ3) is 3.90. The van der Waals surface area contributed by atoms with Crippen LogP contribution in [0.15, 0.2) is 47.4 Å². The van der Waals surface area contributed by atoms with E-state index in [1.807, 2.05) is 0 Å². The molecule has 1 aliphatic heterocycles. The fraction of sp³-hybridized carbons (Fsp3) is 0.440. The Kier molecular flexibility index (Phi) is 5.71. The number of fused-ring (bicyclic) bond motifs is 5. The van der Waals surface area contributed by atoms with Gasteiger partial charge in [-0.15, -0.1) is 0 Å². The van der Waals surface area contributed by atoms with Crippen molar-refractivity contribution in [2.75, 3.05) is 7.05 Å². The van der Waals surface area contributed by atoms with Crippen molar-refractivity contribution in [1.29, 1.82) is 5.26 Å². The molecule has 7 atom stereocenters. The zero-order valence-corrected chi connectivity index (χ0v) is 19.8. The molecule has 0 spiro atoms. The number of carbonyl (C=O) groups is 1. The molecule has 2 aromatic rings. The van der Waals surface area contributed by atoms with Gasteiger partial charge >= 0.3 is 0 Å². The van der Waals surface area contributed by atoms with Gasteiger partial charge in [-0.25, -0.2) is 17.5 Å². The Morgan fingerprint density at radius 3 is 2.53 bits per heavy atom. The molecule has 2 aromatic carbocycles. The predicted molar refractivity (Wildman–Crippen MR) is 124 cm³/mol. The third-order valence-electron chi connectivity index (χ3n) is 7.82. The van der Waals surface area contributed by atoms with E-state index in [0.29, 0.717) is 46.4 Å². The number of carbonyl (C=O) groups excluding carboxylic acids is 1. The highest BCUT2D eigenvalue weighted by Gasteiger charge is 2.67. The van der Waals surface area contributed by atoms with Gasteiger partial charge in [0.05, 0.1) is 17.0 Å². The van der Waals surface area contributed by atoms with E-state index in [-0.39, 0.29) is 23.3 Å². The first kappa shape index (κ1) is 23.0. The molecule has 1 saturated heterocycles. The van der Waals surface area contributed by atoms with Crippen LogP contribution in [0.25, 0.3) is 11.1 Å². The maximum absolute atomic E-state index is 14.9. The lowest BCUT2D eigenvalue weighted by Gasteiger charge is -2.23. The molecular weight excluding hydrogens is 455 g/mol. The van der Waals surface area contributed by atoms with Crippen molar-refractivity contribution in [3.8, 4) is 17.2 Å². The van der Waals surface area contributed by atoms with Gasteiger partial charge in [0.1, 0.15) is 11.9 Å². The maximum Gasteiger partial charge on any atom is 0.240 e. The topological polar surface area (TPSA) is 111 Å². The van der Waals surface area contributed by atoms with Crippen molar-refractivity contribution < 1.29 is 17.6 Å². The molecule has 7 nitrogen and oxygen atoms in total. The summed E-state index contributed by atoms with van der Waals surface area (Å²) in [7, 11) is -2.21. The van der Waals surface area contributed by atoms with E-state index in [4.69, 9.17) is 0 Å². The Morgan fingerprint density at radius 1 is 1.21 bits per heavy atom. The van der Waals surface area contributed by atoms with Gasteiger partial charge in [-0.1, -0.05) is 31.2 Å². The molecule has 3 aliphatic rings. The van der Waals surface area contributed by atoms with E-state index in [0.717, 1.165) is 6.42 Å². The number of hydrogen-bond acceptors (Lipinski definition) is 5. The molecular formula is C25H27FN4O3S. The fourth-order valence-electron chi connectivity index (χ4n) is 6.05. The number of benzene rings is 2. The Labute approximate surface area is 198 Å². The van der Waals surface area contributed by atoms with Crippen LogP contribution < -0.4 is 15.4 Å². The number of amides is 1. The largest absolute Gasteiger partial charge is 0.339 e.